The minimum Gasteiger partial charge on any atom is -0.389 e. The van der Waals surface area contributed by atoms with Gasteiger partial charge in [-0.15, -0.1) is 11.8 Å². The van der Waals surface area contributed by atoms with E-state index in [0.29, 0.717) is 6.04 Å². The maximum atomic E-state index is 12.1. The van der Waals surface area contributed by atoms with Crippen molar-refractivity contribution in [2.45, 2.75) is 61.8 Å². The average molecular weight is 293 g/mol. The summed E-state index contributed by atoms with van der Waals surface area (Å²) in [6.07, 6.45) is 4.25. The minimum atomic E-state index is -0.447. The fourth-order valence-corrected chi connectivity index (χ4v) is 3.35. The van der Waals surface area contributed by atoms with Gasteiger partial charge < -0.3 is 10.4 Å². The number of amides is 1. The molecule has 0 heterocycles. The Labute approximate surface area is 125 Å². The molecule has 1 aromatic rings. The Hall–Kier alpha value is -1.00. The summed E-state index contributed by atoms with van der Waals surface area (Å²) in [4.78, 5) is 13.2. The van der Waals surface area contributed by atoms with Crippen molar-refractivity contribution in [2.75, 3.05) is 0 Å². The zero-order chi connectivity index (χ0) is 14.5. The van der Waals surface area contributed by atoms with Gasteiger partial charge in [0.1, 0.15) is 0 Å². The summed E-state index contributed by atoms with van der Waals surface area (Å²) < 4.78 is 0. The van der Waals surface area contributed by atoms with Gasteiger partial charge in [-0.1, -0.05) is 25.0 Å². The molecule has 1 saturated carbocycles. The second kappa shape index (κ2) is 7.14. The van der Waals surface area contributed by atoms with Gasteiger partial charge in [0, 0.05) is 10.9 Å². The lowest BCUT2D eigenvalue weighted by Crippen LogP contribution is -2.37. The lowest BCUT2D eigenvalue weighted by molar-refractivity contribution is -0.120. The van der Waals surface area contributed by atoms with Crippen LogP contribution < -0.4 is 5.32 Å². The van der Waals surface area contributed by atoms with Crippen LogP contribution in [-0.4, -0.2) is 22.3 Å². The highest BCUT2D eigenvalue weighted by Gasteiger charge is 2.21. The summed E-state index contributed by atoms with van der Waals surface area (Å²) in [6, 6.07) is 8.13. The van der Waals surface area contributed by atoms with Gasteiger partial charge in [0.25, 0.3) is 0 Å². The number of hydrogen-bond donors (Lipinski definition) is 2. The Morgan fingerprint density at radius 2 is 1.85 bits per heavy atom. The first kappa shape index (κ1) is 15.4. The molecule has 4 heteroatoms. The van der Waals surface area contributed by atoms with Crippen molar-refractivity contribution in [1.82, 2.24) is 5.32 Å². The van der Waals surface area contributed by atoms with Crippen LogP contribution in [0, 0.1) is 0 Å². The number of carbonyl (C=O) groups is 1. The van der Waals surface area contributed by atoms with Gasteiger partial charge >= 0.3 is 0 Å². The van der Waals surface area contributed by atoms with Crippen LogP contribution in [0.25, 0.3) is 0 Å². The lowest BCUT2D eigenvalue weighted by atomic mass is 10.1. The summed E-state index contributed by atoms with van der Waals surface area (Å²) in [7, 11) is 0. The fourth-order valence-electron chi connectivity index (χ4n) is 2.47. The standard InChI is InChI=1S/C16H23NO2S/c1-11(18)13-7-9-15(10-8-13)20-12(2)16(19)17-14-5-3-4-6-14/h7-12,14,18H,3-6H2,1-2H3,(H,17,19). The molecular weight excluding hydrogens is 270 g/mol. The SMILES string of the molecule is CC(Sc1ccc(C(C)O)cc1)C(=O)NC1CCCC1. The Balaban J connectivity index is 1.86. The molecule has 0 radical (unpaired) electrons. The van der Waals surface area contributed by atoms with Gasteiger partial charge in [0.2, 0.25) is 5.91 Å². The molecule has 3 nitrogen and oxygen atoms in total. The third kappa shape index (κ3) is 4.25. The van der Waals surface area contributed by atoms with E-state index in [1.165, 1.54) is 12.8 Å². The van der Waals surface area contributed by atoms with Crippen LogP contribution in [0.3, 0.4) is 0 Å². The molecule has 1 amide bonds. The van der Waals surface area contributed by atoms with Crippen LogP contribution in [0.5, 0.6) is 0 Å². The Morgan fingerprint density at radius 3 is 2.40 bits per heavy atom. The molecule has 0 bridgehead atoms. The van der Waals surface area contributed by atoms with Gasteiger partial charge in [0.05, 0.1) is 11.4 Å². The maximum Gasteiger partial charge on any atom is 0.233 e. The summed E-state index contributed by atoms with van der Waals surface area (Å²) in [5.74, 6) is 0.126. The van der Waals surface area contributed by atoms with E-state index >= 15 is 0 Å². The first-order valence-corrected chi connectivity index (χ1v) is 8.19. The molecule has 2 N–H and O–H groups in total. The van der Waals surface area contributed by atoms with E-state index in [9.17, 15) is 9.90 Å². The molecule has 1 aliphatic rings. The minimum absolute atomic E-state index is 0.0898. The molecule has 1 aliphatic carbocycles. The third-order valence-corrected chi connectivity index (χ3v) is 4.86. The van der Waals surface area contributed by atoms with Crippen molar-refractivity contribution >= 4 is 17.7 Å². The largest absolute Gasteiger partial charge is 0.389 e. The van der Waals surface area contributed by atoms with Gasteiger partial charge in [-0.25, -0.2) is 0 Å². The Kier molecular flexibility index (Phi) is 5.49. The number of rotatable bonds is 5. The first-order valence-electron chi connectivity index (χ1n) is 7.31. The van der Waals surface area contributed by atoms with E-state index in [4.69, 9.17) is 0 Å². The smallest absolute Gasteiger partial charge is 0.233 e. The molecule has 0 aliphatic heterocycles. The maximum absolute atomic E-state index is 12.1. The quantitative estimate of drug-likeness (QED) is 0.819. The number of aliphatic hydroxyl groups is 1. The molecule has 2 unspecified atom stereocenters. The normalized spacial score (nSPS) is 18.8. The highest BCUT2D eigenvalue weighted by molar-refractivity contribution is 8.00. The monoisotopic (exact) mass is 293 g/mol. The van der Waals surface area contributed by atoms with Gasteiger partial charge in [-0.05, 0) is 44.4 Å². The highest BCUT2D eigenvalue weighted by atomic mass is 32.2. The molecule has 2 rings (SSSR count). The van der Waals surface area contributed by atoms with Crippen molar-refractivity contribution < 1.29 is 9.90 Å². The van der Waals surface area contributed by atoms with E-state index in [0.717, 1.165) is 23.3 Å². The first-order chi connectivity index (χ1) is 9.56. The van der Waals surface area contributed by atoms with Crippen molar-refractivity contribution in [3.63, 3.8) is 0 Å². The second-order valence-corrected chi connectivity index (χ2v) is 6.91. The topological polar surface area (TPSA) is 49.3 Å². The summed E-state index contributed by atoms with van der Waals surface area (Å²) >= 11 is 1.56. The number of benzene rings is 1. The van der Waals surface area contributed by atoms with E-state index in [-0.39, 0.29) is 11.2 Å². The van der Waals surface area contributed by atoms with Crippen LogP contribution in [0.15, 0.2) is 29.2 Å². The number of thioether (sulfide) groups is 1. The van der Waals surface area contributed by atoms with Crippen LogP contribution >= 0.6 is 11.8 Å². The second-order valence-electron chi connectivity index (χ2n) is 5.50. The lowest BCUT2D eigenvalue weighted by Gasteiger charge is -2.16. The Morgan fingerprint density at radius 1 is 1.25 bits per heavy atom. The van der Waals surface area contributed by atoms with Crippen LogP contribution in [0.2, 0.25) is 0 Å². The van der Waals surface area contributed by atoms with E-state index < -0.39 is 6.10 Å². The molecular formula is C16H23NO2S. The van der Waals surface area contributed by atoms with Gasteiger partial charge in [0.15, 0.2) is 0 Å². The molecule has 110 valence electrons. The highest BCUT2D eigenvalue weighted by Crippen LogP contribution is 2.26. The number of nitrogens with one attached hydrogen (secondary N) is 1. The molecule has 1 aromatic carbocycles. The molecule has 1 fully saturated rings. The van der Waals surface area contributed by atoms with Gasteiger partial charge in [-0.3, -0.25) is 4.79 Å². The summed E-state index contributed by atoms with van der Waals surface area (Å²) in [5.41, 5.74) is 0.900. The van der Waals surface area contributed by atoms with Crippen molar-refractivity contribution in [3.05, 3.63) is 29.8 Å². The zero-order valence-electron chi connectivity index (χ0n) is 12.1. The average Bonchev–Trinajstić information content (AvgIpc) is 2.92. The number of carbonyl (C=O) groups excluding carboxylic acids is 1. The van der Waals surface area contributed by atoms with Crippen molar-refractivity contribution in [3.8, 4) is 0 Å². The summed E-state index contributed by atoms with van der Waals surface area (Å²) in [5, 5.41) is 12.5. The van der Waals surface area contributed by atoms with Crippen molar-refractivity contribution in [2.24, 2.45) is 0 Å². The summed E-state index contributed by atoms with van der Waals surface area (Å²) in [6.45, 7) is 3.69. The van der Waals surface area contributed by atoms with E-state index in [1.807, 2.05) is 31.2 Å². The van der Waals surface area contributed by atoms with Crippen LogP contribution in [0.4, 0.5) is 0 Å². The molecule has 2 atom stereocenters. The predicted octanol–water partition coefficient (Wildman–Crippen LogP) is 3.28. The number of aliphatic hydroxyl groups excluding tert-OH is 1. The molecule has 0 spiro atoms. The Bertz CT molecular complexity index is 438. The van der Waals surface area contributed by atoms with E-state index in [2.05, 4.69) is 5.32 Å². The zero-order valence-corrected chi connectivity index (χ0v) is 13.0. The van der Waals surface area contributed by atoms with E-state index in [1.54, 1.807) is 18.7 Å². The fraction of sp³-hybridized carbons (Fsp3) is 0.562. The third-order valence-electron chi connectivity index (χ3n) is 3.75. The molecule has 0 aromatic heterocycles. The van der Waals surface area contributed by atoms with Crippen LogP contribution in [-0.2, 0) is 4.79 Å². The van der Waals surface area contributed by atoms with Crippen molar-refractivity contribution in [1.29, 1.82) is 0 Å². The van der Waals surface area contributed by atoms with Gasteiger partial charge in [-0.2, -0.15) is 0 Å². The molecule has 20 heavy (non-hydrogen) atoms. The predicted molar refractivity (Wildman–Crippen MR) is 82.8 cm³/mol. The van der Waals surface area contributed by atoms with Crippen LogP contribution in [0.1, 0.15) is 51.2 Å². The number of hydrogen-bond acceptors (Lipinski definition) is 3. The molecule has 0 saturated heterocycles.